The van der Waals surface area contributed by atoms with Crippen LogP contribution in [0.25, 0.3) is 0 Å². The molecule has 0 atom stereocenters. The normalized spacial score (nSPS) is 16.6. The minimum absolute atomic E-state index is 0.357. The van der Waals surface area contributed by atoms with E-state index in [0.717, 1.165) is 31.7 Å². The van der Waals surface area contributed by atoms with Crippen molar-refractivity contribution in [1.29, 1.82) is 0 Å². The highest BCUT2D eigenvalue weighted by molar-refractivity contribution is 6.34. The van der Waals surface area contributed by atoms with Gasteiger partial charge in [0.25, 0.3) is 0 Å². The first-order chi connectivity index (χ1) is 9.65. The predicted octanol–water partition coefficient (Wildman–Crippen LogP) is -0.419. The summed E-state index contributed by atoms with van der Waals surface area (Å²) in [7, 11) is 2.03. The number of hydrogen-bond acceptors (Lipinski definition) is 4. The van der Waals surface area contributed by atoms with E-state index in [1.54, 1.807) is 5.01 Å². The lowest BCUT2D eigenvalue weighted by atomic mass is 10.2. The van der Waals surface area contributed by atoms with E-state index in [2.05, 4.69) is 15.6 Å². The molecule has 1 fully saturated rings. The highest BCUT2D eigenvalue weighted by Crippen LogP contribution is 1.97. The van der Waals surface area contributed by atoms with Crippen molar-refractivity contribution in [3.8, 4) is 0 Å². The van der Waals surface area contributed by atoms with Gasteiger partial charge in [0.15, 0.2) is 0 Å². The van der Waals surface area contributed by atoms with Crippen LogP contribution in [0.5, 0.6) is 0 Å². The Morgan fingerprint density at radius 2 is 1.70 bits per heavy atom. The smallest absolute Gasteiger partial charge is 0.323 e. The Hall–Kier alpha value is -1.92. The summed E-state index contributed by atoms with van der Waals surface area (Å²) in [5.74, 6) is -1.21. The van der Waals surface area contributed by atoms with Crippen LogP contribution in [-0.4, -0.2) is 54.9 Å². The number of carbonyl (C=O) groups is 2. The number of piperazine rings is 1. The SMILES string of the molecule is CN1CCN(NC(=O)C(=O)NCc2ccccc2)CC1. The molecule has 0 aliphatic carbocycles. The summed E-state index contributed by atoms with van der Waals surface area (Å²) >= 11 is 0. The summed E-state index contributed by atoms with van der Waals surface area (Å²) in [5.41, 5.74) is 3.60. The van der Waals surface area contributed by atoms with Crippen LogP contribution in [0.15, 0.2) is 30.3 Å². The zero-order valence-corrected chi connectivity index (χ0v) is 11.6. The van der Waals surface area contributed by atoms with Gasteiger partial charge in [-0.15, -0.1) is 0 Å². The Labute approximate surface area is 118 Å². The zero-order chi connectivity index (χ0) is 14.4. The molecule has 0 aromatic heterocycles. The van der Waals surface area contributed by atoms with E-state index in [1.807, 2.05) is 37.4 Å². The molecular weight excluding hydrogens is 256 g/mol. The lowest BCUT2D eigenvalue weighted by molar-refractivity contribution is -0.142. The second-order valence-electron chi connectivity index (χ2n) is 4.90. The molecule has 0 saturated carbocycles. The number of amides is 2. The number of nitrogens with one attached hydrogen (secondary N) is 2. The molecule has 6 nitrogen and oxygen atoms in total. The molecule has 2 rings (SSSR count). The molecule has 0 radical (unpaired) electrons. The molecule has 1 saturated heterocycles. The monoisotopic (exact) mass is 276 g/mol. The van der Waals surface area contributed by atoms with E-state index >= 15 is 0 Å². The predicted molar refractivity (Wildman–Crippen MR) is 75.5 cm³/mol. The lowest BCUT2D eigenvalue weighted by Gasteiger charge is -2.32. The van der Waals surface area contributed by atoms with Gasteiger partial charge in [-0.05, 0) is 12.6 Å². The van der Waals surface area contributed by atoms with Crippen LogP contribution in [0.3, 0.4) is 0 Å². The fourth-order valence-corrected chi connectivity index (χ4v) is 1.97. The molecule has 1 aromatic carbocycles. The first-order valence-electron chi connectivity index (χ1n) is 6.71. The minimum Gasteiger partial charge on any atom is -0.344 e. The summed E-state index contributed by atoms with van der Waals surface area (Å²) in [6.07, 6.45) is 0. The average molecular weight is 276 g/mol. The van der Waals surface area contributed by atoms with Crippen LogP contribution in [0, 0.1) is 0 Å². The van der Waals surface area contributed by atoms with Crippen molar-refractivity contribution in [3.05, 3.63) is 35.9 Å². The van der Waals surface area contributed by atoms with Gasteiger partial charge in [-0.2, -0.15) is 0 Å². The van der Waals surface area contributed by atoms with Crippen molar-refractivity contribution in [1.82, 2.24) is 20.7 Å². The number of benzene rings is 1. The van der Waals surface area contributed by atoms with Crippen molar-refractivity contribution < 1.29 is 9.59 Å². The van der Waals surface area contributed by atoms with Crippen LogP contribution < -0.4 is 10.7 Å². The molecule has 1 aliphatic rings. The van der Waals surface area contributed by atoms with Gasteiger partial charge >= 0.3 is 11.8 Å². The van der Waals surface area contributed by atoms with Gasteiger partial charge in [-0.1, -0.05) is 30.3 Å². The molecule has 1 heterocycles. The quantitative estimate of drug-likeness (QED) is 0.736. The third-order valence-electron chi connectivity index (χ3n) is 3.27. The highest BCUT2D eigenvalue weighted by atomic mass is 16.2. The van der Waals surface area contributed by atoms with Crippen LogP contribution in [-0.2, 0) is 16.1 Å². The van der Waals surface area contributed by atoms with Crippen molar-refractivity contribution in [2.45, 2.75) is 6.54 Å². The van der Waals surface area contributed by atoms with Crippen molar-refractivity contribution in [3.63, 3.8) is 0 Å². The topological polar surface area (TPSA) is 64.7 Å². The Morgan fingerprint density at radius 1 is 1.05 bits per heavy atom. The van der Waals surface area contributed by atoms with E-state index in [9.17, 15) is 9.59 Å². The summed E-state index contributed by atoms with van der Waals surface area (Å²) in [4.78, 5) is 25.6. The second-order valence-corrected chi connectivity index (χ2v) is 4.90. The molecule has 0 spiro atoms. The van der Waals surface area contributed by atoms with Gasteiger partial charge in [-0.25, -0.2) is 5.01 Å². The molecule has 1 aromatic rings. The lowest BCUT2D eigenvalue weighted by Crippen LogP contribution is -2.55. The van der Waals surface area contributed by atoms with Crippen LogP contribution >= 0.6 is 0 Å². The van der Waals surface area contributed by atoms with E-state index < -0.39 is 11.8 Å². The van der Waals surface area contributed by atoms with E-state index in [-0.39, 0.29) is 0 Å². The molecule has 2 N–H and O–H groups in total. The third-order valence-corrected chi connectivity index (χ3v) is 3.27. The molecular formula is C14H20N4O2. The van der Waals surface area contributed by atoms with Gasteiger partial charge in [0.2, 0.25) is 0 Å². The molecule has 1 aliphatic heterocycles. The number of hydrazine groups is 1. The second kappa shape index (κ2) is 7.02. The van der Waals surface area contributed by atoms with E-state index in [0.29, 0.717) is 6.54 Å². The van der Waals surface area contributed by atoms with Crippen molar-refractivity contribution in [2.24, 2.45) is 0 Å². The molecule has 0 unspecified atom stereocenters. The summed E-state index contributed by atoms with van der Waals surface area (Å²) < 4.78 is 0. The number of rotatable bonds is 3. The Balaban J connectivity index is 1.73. The number of nitrogens with zero attached hydrogens (tertiary/aromatic N) is 2. The Bertz CT molecular complexity index is 456. The van der Waals surface area contributed by atoms with Crippen molar-refractivity contribution >= 4 is 11.8 Å². The minimum atomic E-state index is -0.606. The molecule has 20 heavy (non-hydrogen) atoms. The maximum Gasteiger partial charge on any atom is 0.323 e. The summed E-state index contributed by atoms with van der Waals surface area (Å²) in [6, 6.07) is 9.50. The Kier molecular flexibility index (Phi) is 5.09. The summed E-state index contributed by atoms with van der Waals surface area (Å²) in [5, 5.41) is 4.39. The van der Waals surface area contributed by atoms with Gasteiger partial charge in [0.1, 0.15) is 0 Å². The number of carbonyl (C=O) groups excluding carboxylic acids is 2. The molecule has 108 valence electrons. The standard InChI is InChI=1S/C14H20N4O2/c1-17-7-9-18(10-8-17)16-14(20)13(19)15-11-12-5-3-2-4-6-12/h2-6H,7-11H2,1H3,(H,15,19)(H,16,20). The van der Waals surface area contributed by atoms with Crippen LogP contribution in [0.4, 0.5) is 0 Å². The first kappa shape index (κ1) is 14.5. The van der Waals surface area contributed by atoms with Crippen molar-refractivity contribution in [2.75, 3.05) is 33.2 Å². The maximum atomic E-state index is 11.7. The molecule has 2 amide bonds. The number of hydrogen-bond donors (Lipinski definition) is 2. The maximum absolute atomic E-state index is 11.7. The third kappa shape index (κ3) is 4.32. The average Bonchev–Trinajstić information content (AvgIpc) is 2.48. The van der Waals surface area contributed by atoms with Gasteiger partial charge in [-0.3, -0.25) is 15.0 Å². The highest BCUT2D eigenvalue weighted by Gasteiger charge is 2.19. The van der Waals surface area contributed by atoms with Gasteiger partial charge < -0.3 is 10.2 Å². The van der Waals surface area contributed by atoms with Crippen LogP contribution in [0.2, 0.25) is 0 Å². The number of likely N-dealkylation sites (N-methyl/N-ethyl adjacent to an activating group) is 1. The zero-order valence-electron chi connectivity index (χ0n) is 11.6. The van der Waals surface area contributed by atoms with Gasteiger partial charge in [0.05, 0.1) is 0 Å². The van der Waals surface area contributed by atoms with Crippen LogP contribution in [0.1, 0.15) is 5.56 Å². The fraction of sp³-hybridized carbons (Fsp3) is 0.429. The first-order valence-corrected chi connectivity index (χ1v) is 6.71. The fourth-order valence-electron chi connectivity index (χ4n) is 1.97. The van der Waals surface area contributed by atoms with Gasteiger partial charge in [0, 0.05) is 32.7 Å². The summed E-state index contributed by atoms with van der Waals surface area (Å²) in [6.45, 7) is 3.58. The van der Waals surface area contributed by atoms with E-state index in [4.69, 9.17) is 0 Å². The molecule has 6 heteroatoms. The molecule has 0 bridgehead atoms. The largest absolute Gasteiger partial charge is 0.344 e. The van der Waals surface area contributed by atoms with E-state index in [1.165, 1.54) is 0 Å². The Morgan fingerprint density at radius 3 is 2.35 bits per heavy atom.